The van der Waals surface area contributed by atoms with Crippen LogP contribution in [-0.2, 0) is 9.53 Å². The number of amides is 1. The number of rotatable bonds is 2. The summed E-state index contributed by atoms with van der Waals surface area (Å²) in [7, 11) is 0. The summed E-state index contributed by atoms with van der Waals surface area (Å²) in [5, 5.41) is 6.93. The van der Waals surface area contributed by atoms with Crippen LogP contribution in [0.1, 0.15) is 24.4 Å². The third kappa shape index (κ3) is 2.23. The van der Waals surface area contributed by atoms with Gasteiger partial charge in [-0.25, -0.2) is 0 Å². The van der Waals surface area contributed by atoms with Gasteiger partial charge in [0.25, 0.3) is 0 Å². The van der Waals surface area contributed by atoms with E-state index in [1.54, 1.807) is 6.07 Å². The summed E-state index contributed by atoms with van der Waals surface area (Å²) >= 11 is 5.99. The number of ether oxygens (including phenoxy) is 1. The molecule has 1 amide bonds. The number of hydrogen-bond acceptors (Lipinski definition) is 3. The number of benzene rings is 1. The van der Waals surface area contributed by atoms with Gasteiger partial charge in [0.05, 0.1) is 0 Å². The van der Waals surface area contributed by atoms with Gasteiger partial charge >= 0.3 is 0 Å². The quantitative estimate of drug-likeness (QED) is 0.862. The molecule has 2 aliphatic heterocycles. The van der Waals surface area contributed by atoms with Crippen LogP contribution >= 0.6 is 11.6 Å². The summed E-state index contributed by atoms with van der Waals surface area (Å²) < 4.78 is 5.32. The molecule has 1 atom stereocenters. The van der Waals surface area contributed by atoms with Crippen LogP contribution in [0.25, 0.3) is 0 Å². The van der Waals surface area contributed by atoms with E-state index in [2.05, 4.69) is 10.6 Å². The van der Waals surface area contributed by atoms with E-state index in [4.69, 9.17) is 16.3 Å². The van der Waals surface area contributed by atoms with Crippen molar-refractivity contribution >= 4 is 23.2 Å². The van der Waals surface area contributed by atoms with Crippen molar-refractivity contribution in [3.05, 3.63) is 28.8 Å². The van der Waals surface area contributed by atoms with Gasteiger partial charge in [0.1, 0.15) is 6.04 Å². The number of nitrogens with one attached hydrogen (secondary N) is 2. The Morgan fingerprint density at radius 3 is 2.89 bits per heavy atom. The van der Waals surface area contributed by atoms with Crippen LogP contribution in [0.5, 0.6) is 0 Å². The van der Waals surface area contributed by atoms with Crippen molar-refractivity contribution in [2.75, 3.05) is 18.5 Å². The SMILES string of the molecule is O=C1Nc2ccc(Cl)cc2C1NC1CCOCC1. The second-order valence-electron chi connectivity index (χ2n) is 4.71. The van der Waals surface area contributed by atoms with Crippen molar-refractivity contribution in [3.63, 3.8) is 0 Å². The van der Waals surface area contributed by atoms with Gasteiger partial charge in [-0.2, -0.15) is 0 Å². The largest absolute Gasteiger partial charge is 0.381 e. The number of fused-ring (bicyclic) bond motifs is 1. The Morgan fingerprint density at radius 1 is 1.33 bits per heavy atom. The minimum atomic E-state index is -0.290. The molecule has 1 aromatic rings. The van der Waals surface area contributed by atoms with Gasteiger partial charge in [-0.15, -0.1) is 0 Å². The van der Waals surface area contributed by atoms with Crippen LogP contribution in [0, 0.1) is 0 Å². The van der Waals surface area contributed by atoms with Crippen molar-refractivity contribution in [1.29, 1.82) is 0 Å². The van der Waals surface area contributed by atoms with Crippen molar-refractivity contribution in [2.45, 2.75) is 24.9 Å². The average Bonchev–Trinajstić information content (AvgIpc) is 2.67. The van der Waals surface area contributed by atoms with Crippen molar-refractivity contribution in [2.24, 2.45) is 0 Å². The Hall–Kier alpha value is -1.10. The zero-order chi connectivity index (χ0) is 12.5. The first-order valence-corrected chi connectivity index (χ1v) is 6.56. The minimum Gasteiger partial charge on any atom is -0.381 e. The molecule has 4 nitrogen and oxygen atoms in total. The molecule has 1 saturated heterocycles. The highest BCUT2D eigenvalue weighted by molar-refractivity contribution is 6.31. The Bertz CT molecular complexity index is 472. The standard InChI is InChI=1S/C13H15ClN2O2/c14-8-1-2-11-10(7-8)12(13(17)16-11)15-9-3-5-18-6-4-9/h1-2,7,9,12,15H,3-6H2,(H,16,17). The van der Waals surface area contributed by atoms with Gasteiger partial charge in [0.15, 0.2) is 0 Å². The molecule has 0 aliphatic carbocycles. The highest BCUT2D eigenvalue weighted by Crippen LogP contribution is 2.33. The third-order valence-electron chi connectivity index (χ3n) is 3.47. The lowest BCUT2D eigenvalue weighted by Crippen LogP contribution is -2.39. The Balaban J connectivity index is 1.80. The van der Waals surface area contributed by atoms with E-state index >= 15 is 0 Å². The predicted molar refractivity (Wildman–Crippen MR) is 69.8 cm³/mol. The highest BCUT2D eigenvalue weighted by Gasteiger charge is 2.32. The molecule has 2 heterocycles. The van der Waals surface area contributed by atoms with E-state index in [0.717, 1.165) is 37.3 Å². The van der Waals surface area contributed by atoms with Crippen molar-refractivity contribution in [3.8, 4) is 0 Å². The second-order valence-corrected chi connectivity index (χ2v) is 5.14. The van der Waals surface area contributed by atoms with Crippen LogP contribution in [0.4, 0.5) is 5.69 Å². The molecule has 2 aliphatic rings. The Labute approximate surface area is 111 Å². The molecule has 0 spiro atoms. The maximum atomic E-state index is 12.0. The smallest absolute Gasteiger partial charge is 0.246 e. The zero-order valence-electron chi connectivity index (χ0n) is 9.91. The highest BCUT2D eigenvalue weighted by atomic mass is 35.5. The zero-order valence-corrected chi connectivity index (χ0v) is 10.7. The Morgan fingerprint density at radius 2 is 2.11 bits per heavy atom. The fraction of sp³-hybridized carbons (Fsp3) is 0.462. The number of hydrogen-bond donors (Lipinski definition) is 2. The third-order valence-corrected chi connectivity index (χ3v) is 3.70. The number of carbonyl (C=O) groups excluding carboxylic acids is 1. The van der Waals surface area contributed by atoms with Gasteiger partial charge in [-0.1, -0.05) is 11.6 Å². The fourth-order valence-electron chi connectivity index (χ4n) is 2.50. The van der Waals surface area contributed by atoms with Crippen LogP contribution < -0.4 is 10.6 Å². The molecule has 3 rings (SSSR count). The molecule has 96 valence electrons. The van der Waals surface area contributed by atoms with Gasteiger partial charge in [0.2, 0.25) is 5.91 Å². The molecular weight excluding hydrogens is 252 g/mol. The lowest BCUT2D eigenvalue weighted by molar-refractivity contribution is -0.118. The van der Waals surface area contributed by atoms with Crippen LogP contribution in [0.15, 0.2) is 18.2 Å². The summed E-state index contributed by atoms with van der Waals surface area (Å²) in [6.07, 6.45) is 1.89. The van der Waals surface area contributed by atoms with E-state index in [0.29, 0.717) is 11.1 Å². The number of anilines is 1. The molecular formula is C13H15ClN2O2. The van der Waals surface area contributed by atoms with Crippen molar-refractivity contribution < 1.29 is 9.53 Å². The fourth-order valence-corrected chi connectivity index (χ4v) is 2.68. The normalized spacial score (nSPS) is 23.8. The predicted octanol–water partition coefficient (Wildman–Crippen LogP) is 2.10. The van der Waals surface area contributed by atoms with Crippen LogP contribution in [0.2, 0.25) is 5.02 Å². The number of halogens is 1. The molecule has 0 radical (unpaired) electrons. The first-order valence-electron chi connectivity index (χ1n) is 6.18. The van der Waals surface area contributed by atoms with E-state index in [1.807, 2.05) is 12.1 Å². The molecule has 0 bridgehead atoms. The molecule has 5 heteroatoms. The average molecular weight is 267 g/mol. The molecule has 0 aromatic heterocycles. The summed E-state index contributed by atoms with van der Waals surface area (Å²) in [6.45, 7) is 1.52. The molecule has 2 N–H and O–H groups in total. The molecule has 1 aromatic carbocycles. The maximum absolute atomic E-state index is 12.0. The second kappa shape index (κ2) is 4.88. The van der Waals surface area contributed by atoms with E-state index in [1.165, 1.54) is 0 Å². The van der Waals surface area contributed by atoms with E-state index in [9.17, 15) is 4.79 Å². The monoisotopic (exact) mass is 266 g/mol. The summed E-state index contributed by atoms with van der Waals surface area (Å²) in [4.78, 5) is 12.0. The lowest BCUT2D eigenvalue weighted by Gasteiger charge is -2.25. The first-order chi connectivity index (χ1) is 8.74. The summed E-state index contributed by atoms with van der Waals surface area (Å²) in [5.41, 5.74) is 1.80. The van der Waals surface area contributed by atoms with Gasteiger partial charge in [0, 0.05) is 35.5 Å². The van der Waals surface area contributed by atoms with Gasteiger partial charge < -0.3 is 10.1 Å². The van der Waals surface area contributed by atoms with Gasteiger partial charge in [-0.3, -0.25) is 10.1 Å². The number of carbonyl (C=O) groups is 1. The van der Waals surface area contributed by atoms with Crippen LogP contribution in [-0.4, -0.2) is 25.2 Å². The first kappa shape index (κ1) is 12.0. The summed E-state index contributed by atoms with van der Waals surface area (Å²) in [6, 6.07) is 5.53. The summed E-state index contributed by atoms with van der Waals surface area (Å²) in [5.74, 6) is -0.00115. The topological polar surface area (TPSA) is 50.4 Å². The Kier molecular flexibility index (Phi) is 3.24. The van der Waals surface area contributed by atoms with Crippen LogP contribution in [0.3, 0.4) is 0 Å². The lowest BCUT2D eigenvalue weighted by atomic mass is 10.0. The molecule has 18 heavy (non-hydrogen) atoms. The molecule has 1 unspecified atom stereocenters. The minimum absolute atomic E-state index is 0.00115. The van der Waals surface area contributed by atoms with Gasteiger partial charge in [-0.05, 0) is 31.0 Å². The van der Waals surface area contributed by atoms with E-state index < -0.39 is 0 Å². The maximum Gasteiger partial charge on any atom is 0.246 e. The van der Waals surface area contributed by atoms with E-state index in [-0.39, 0.29) is 11.9 Å². The molecule has 0 saturated carbocycles. The molecule has 1 fully saturated rings. The van der Waals surface area contributed by atoms with Crippen molar-refractivity contribution in [1.82, 2.24) is 5.32 Å².